The van der Waals surface area contributed by atoms with Crippen molar-refractivity contribution in [2.75, 3.05) is 0 Å². The van der Waals surface area contributed by atoms with Crippen LogP contribution in [0.25, 0.3) is 0 Å². The molecule has 0 aliphatic carbocycles. The van der Waals surface area contributed by atoms with E-state index in [0.717, 1.165) is 19.3 Å². The molecule has 0 aromatic heterocycles. The molecule has 0 aromatic rings. The predicted octanol–water partition coefficient (Wildman–Crippen LogP) is 2.52. The van der Waals surface area contributed by atoms with Gasteiger partial charge < -0.3 is 9.57 Å². The van der Waals surface area contributed by atoms with Crippen LogP contribution in [0.2, 0.25) is 0 Å². The maximum absolute atomic E-state index is 12.3. The normalized spacial score (nSPS) is 16.2. The molecule has 7 nitrogen and oxygen atoms in total. The number of carbonyl (C=O) groups excluding carboxylic acids is 4. The van der Waals surface area contributed by atoms with Crippen LogP contribution < -0.4 is 0 Å². The van der Waals surface area contributed by atoms with Crippen molar-refractivity contribution in [3.8, 4) is 0 Å². The average molecular weight is 341 g/mol. The van der Waals surface area contributed by atoms with Crippen LogP contribution in [0.1, 0.15) is 72.6 Å². The van der Waals surface area contributed by atoms with Crippen LogP contribution in [-0.4, -0.2) is 34.4 Å². The van der Waals surface area contributed by atoms with E-state index in [4.69, 9.17) is 9.57 Å². The van der Waals surface area contributed by atoms with Crippen LogP contribution in [0.15, 0.2) is 0 Å². The van der Waals surface area contributed by atoms with Gasteiger partial charge in [0.2, 0.25) is 0 Å². The summed E-state index contributed by atoms with van der Waals surface area (Å²) in [4.78, 5) is 52.3. The fourth-order valence-corrected chi connectivity index (χ4v) is 2.35. The fourth-order valence-electron chi connectivity index (χ4n) is 2.35. The number of esters is 1. The Morgan fingerprint density at radius 1 is 1.12 bits per heavy atom. The molecular weight excluding hydrogens is 314 g/mol. The molecule has 0 radical (unpaired) electrons. The molecule has 1 rings (SSSR count). The number of nitrogens with zero attached hydrogens (tertiary/aromatic N) is 1. The minimum Gasteiger partial charge on any atom is -0.460 e. The molecule has 0 saturated carbocycles. The summed E-state index contributed by atoms with van der Waals surface area (Å²) in [5, 5.41) is 0.518. The van der Waals surface area contributed by atoms with E-state index in [1.807, 2.05) is 6.92 Å². The van der Waals surface area contributed by atoms with E-state index in [1.165, 1.54) is 0 Å². The van der Waals surface area contributed by atoms with Crippen molar-refractivity contribution in [3.05, 3.63) is 0 Å². The zero-order valence-corrected chi connectivity index (χ0v) is 14.9. The van der Waals surface area contributed by atoms with Gasteiger partial charge in [-0.25, -0.2) is 4.79 Å². The molecule has 0 spiro atoms. The number of hydrogen-bond donors (Lipinski definition) is 0. The Kier molecular flexibility index (Phi) is 7.38. The third-order valence-electron chi connectivity index (χ3n) is 3.51. The number of hydroxylamine groups is 2. The molecule has 2 amide bonds. The minimum atomic E-state index is -0.736. The lowest BCUT2D eigenvalue weighted by atomic mass is 9.98. The zero-order valence-electron chi connectivity index (χ0n) is 14.9. The second-order valence-corrected chi connectivity index (χ2v) is 6.98. The van der Waals surface area contributed by atoms with Gasteiger partial charge >= 0.3 is 11.9 Å². The Bertz CT molecular complexity index is 478. The number of ether oxygens (including phenoxy) is 1. The molecule has 1 atom stereocenters. The summed E-state index contributed by atoms with van der Waals surface area (Å²) in [6.07, 6.45) is 3.04. The van der Waals surface area contributed by atoms with Crippen LogP contribution >= 0.6 is 0 Å². The molecule has 1 fully saturated rings. The first-order valence-electron chi connectivity index (χ1n) is 8.43. The quantitative estimate of drug-likeness (QED) is 0.383. The number of carbonyl (C=O) groups is 4. The molecule has 1 heterocycles. The summed E-state index contributed by atoms with van der Waals surface area (Å²) in [6.45, 7) is 7.27. The topological polar surface area (TPSA) is 90.0 Å². The van der Waals surface area contributed by atoms with Crippen LogP contribution in [0.5, 0.6) is 0 Å². The van der Waals surface area contributed by atoms with Gasteiger partial charge in [0, 0.05) is 12.8 Å². The first-order valence-corrected chi connectivity index (χ1v) is 8.43. The van der Waals surface area contributed by atoms with Crippen LogP contribution in [0, 0.1) is 5.92 Å². The molecular formula is C17H27NO6. The molecule has 7 heteroatoms. The summed E-state index contributed by atoms with van der Waals surface area (Å²) in [7, 11) is 0. The lowest BCUT2D eigenvalue weighted by Crippen LogP contribution is -2.36. The van der Waals surface area contributed by atoms with Gasteiger partial charge in [0.1, 0.15) is 5.60 Å². The molecule has 0 aromatic carbocycles. The zero-order chi connectivity index (χ0) is 18.3. The Morgan fingerprint density at radius 2 is 1.71 bits per heavy atom. The number of hydrogen-bond acceptors (Lipinski definition) is 6. The first kappa shape index (κ1) is 20.1. The van der Waals surface area contributed by atoms with Gasteiger partial charge in [-0.2, -0.15) is 0 Å². The largest absolute Gasteiger partial charge is 0.460 e. The number of amides is 2. The average Bonchev–Trinajstić information content (AvgIpc) is 2.76. The number of imide groups is 1. The highest BCUT2D eigenvalue weighted by Gasteiger charge is 2.35. The van der Waals surface area contributed by atoms with Gasteiger partial charge in [0.05, 0.1) is 12.3 Å². The Hall–Kier alpha value is -1.92. The van der Waals surface area contributed by atoms with E-state index in [-0.39, 0.29) is 19.3 Å². The van der Waals surface area contributed by atoms with Crippen molar-refractivity contribution in [2.45, 2.75) is 78.2 Å². The van der Waals surface area contributed by atoms with Gasteiger partial charge in [-0.15, -0.1) is 5.06 Å². The maximum atomic E-state index is 12.3. The van der Waals surface area contributed by atoms with Crippen molar-refractivity contribution >= 4 is 23.8 Å². The van der Waals surface area contributed by atoms with Gasteiger partial charge in [0.25, 0.3) is 11.8 Å². The second kappa shape index (κ2) is 8.80. The van der Waals surface area contributed by atoms with Crippen molar-refractivity contribution in [3.63, 3.8) is 0 Å². The lowest BCUT2D eigenvalue weighted by Gasteiger charge is -2.22. The van der Waals surface area contributed by atoms with Gasteiger partial charge in [0.15, 0.2) is 0 Å². The second-order valence-electron chi connectivity index (χ2n) is 6.98. The maximum Gasteiger partial charge on any atom is 0.336 e. The van der Waals surface area contributed by atoms with Gasteiger partial charge in [-0.3, -0.25) is 14.4 Å². The number of unbranched alkanes of at least 4 members (excludes halogenated alkanes) is 2. The van der Waals surface area contributed by atoms with Crippen molar-refractivity contribution in [1.82, 2.24) is 5.06 Å². The Labute approximate surface area is 142 Å². The Morgan fingerprint density at radius 3 is 2.21 bits per heavy atom. The molecule has 1 aliphatic heterocycles. The van der Waals surface area contributed by atoms with E-state index in [9.17, 15) is 19.2 Å². The summed E-state index contributed by atoms with van der Waals surface area (Å²) in [5.41, 5.74) is -0.643. The van der Waals surface area contributed by atoms with Crippen LogP contribution in [0.4, 0.5) is 0 Å². The first-order chi connectivity index (χ1) is 11.1. The standard InChI is InChI=1S/C17H27NO6/c1-5-6-7-8-12(11-15(21)23-17(2,3)4)16(22)24-18-13(19)9-10-14(18)20/h12H,5-11H2,1-4H3/t12-/m1/s1. The summed E-state index contributed by atoms with van der Waals surface area (Å²) in [6, 6.07) is 0. The van der Waals surface area contributed by atoms with Crippen molar-refractivity contribution in [2.24, 2.45) is 5.92 Å². The number of rotatable bonds is 8. The highest BCUT2D eigenvalue weighted by Crippen LogP contribution is 2.21. The molecule has 24 heavy (non-hydrogen) atoms. The third kappa shape index (κ3) is 6.68. The minimum absolute atomic E-state index is 0.0404. The van der Waals surface area contributed by atoms with E-state index >= 15 is 0 Å². The molecule has 0 N–H and O–H groups in total. The van der Waals surface area contributed by atoms with Crippen LogP contribution in [0.3, 0.4) is 0 Å². The molecule has 136 valence electrons. The molecule has 0 unspecified atom stereocenters. The summed E-state index contributed by atoms with van der Waals surface area (Å²) in [5.74, 6) is -3.02. The smallest absolute Gasteiger partial charge is 0.336 e. The van der Waals surface area contributed by atoms with E-state index < -0.39 is 35.3 Å². The lowest BCUT2D eigenvalue weighted by molar-refractivity contribution is -0.201. The highest BCUT2D eigenvalue weighted by molar-refractivity contribution is 6.01. The Balaban J connectivity index is 2.69. The van der Waals surface area contributed by atoms with Gasteiger partial charge in [-0.1, -0.05) is 26.2 Å². The molecule has 0 bridgehead atoms. The molecule has 1 aliphatic rings. The van der Waals surface area contributed by atoms with Crippen LogP contribution in [-0.2, 0) is 28.8 Å². The third-order valence-corrected chi connectivity index (χ3v) is 3.51. The highest BCUT2D eigenvalue weighted by atomic mass is 16.7. The SMILES string of the molecule is CCCCC[C@H](CC(=O)OC(C)(C)C)C(=O)ON1C(=O)CCC1=O. The monoisotopic (exact) mass is 341 g/mol. The van der Waals surface area contributed by atoms with Crippen molar-refractivity contribution in [1.29, 1.82) is 0 Å². The predicted molar refractivity (Wildman–Crippen MR) is 85.3 cm³/mol. The fraction of sp³-hybridized carbons (Fsp3) is 0.765. The van der Waals surface area contributed by atoms with Crippen molar-refractivity contribution < 1.29 is 28.8 Å². The van der Waals surface area contributed by atoms with E-state index in [2.05, 4.69) is 0 Å². The molecule has 1 saturated heterocycles. The summed E-state index contributed by atoms with van der Waals surface area (Å²) >= 11 is 0. The van der Waals surface area contributed by atoms with E-state index in [1.54, 1.807) is 20.8 Å². The van der Waals surface area contributed by atoms with E-state index in [0.29, 0.717) is 11.5 Å². The van der Waals surface area contributed by atoms with Gasteiger partial charge in [-0.05, 0) is 27.2 Å². The summed E-state index contributed by atoms with van der Waals surface area (Å²) < 4.78 is 5.24.